The van der Waals surface area contributed by atoms with Gasteiger partial charge in [0.15, 0.2) is 0 Å². The highest BCUT2D eigenvalue weighted by molar-refractivity contribution is 5.77. The van der Waals surface area contributed by atoms with Gasteiger partial charge >= 0.3 is 6.18 Å². The number of alkyl halides is 3. The number of nitrogens with two attached hydrogens (primary N) is 1. The van der Waals surface area contributed by atoms with Crippen molar-refractivity contribution in [3.05, 3.63) is 24.3 Å². The number of benzene rings is 1. The maximum Gasteiger partial charge on any atom is 0.406 e. The Labute approximate surface area is 120 Å². The Morgan fingerprint density at radius 1 is 1.38 bits per heavy atom. The quantitative estimate of drug-likeness (QED) is 0.822. The van der Waals surface area contributed by atoms with E-state index in [0.717, 1.165) is 4.90 Å². The Morgan fingerprint density at radius 2 is 2.10 bits per heavy atom. The van der Waals surface area contributed by atoms with E-state index in [2.05, 4.69) is 0 Å². The summed E-state index contributed by atoms with van der Waals surface area (Å²) in [5.74, 6) is -0.0321. The predicted octanol–water partition coefficient (Wildman–Crippen LogP) is 2.59. The number of anilines is 1. The molecule has 0 aromatic heterocycles. The molecule has 116 valence electrons. The lowest BCUT2D eigenvalue weighted by molar-refractivity contribution is -0.162. The minimum atomic E-state index is -4.37. The van der Waals surface area contributed by atoms with E-state index < -0.39 is 18.6 Å². The van der Waals surface area contributed by atoms with Crippen molar-refractivity contribution in [3.63, 3.8) is 0 Å². The first-order chi connectivity index (χ1) is 9.85. The predicted molar refractivity (Wildman–Crippen MR) is 71.8 cm³/mol. The zero-order chi connectivity index (χ0) is 15.5. The van der Waals surface area contributed by atoms with Gasteiger partial charge in [-0.15, -0.1) is 0 Å². The van der Waals surface area contributed by atoms with Crippen molar-refractivity contribution < 1.29 is 22.7 Å². The zero-order valence-corrected chi connectivity index (χ0v) is 11.4. The Balaban J connectivity index is 1.82. The molecule has 0 unspecified atom stereocenters. The van der Waals surface area contributed by atoms with Crippen molar-refractivity contribution in [2.24, 2.45) is 0 Å². The van der Waals surface area contributed by atoms with Crippen LogP contribution in [-0.2, 0) is 4.79 Å². The lowest BCUT2D eigenvalue weighted by Crippen LogP contribution is -2.41. The van der Waals surface area contributed by atoms with E-state index >= 15 is 0 Å². The van der Waals surface area contributed by atoms with Gasteiger partial charge in [0, 0.05) is 17.8 Å². The molecule has 1 aromatic rings. The fraction of sp³-hybridized carbons (Fsp3) is 0.500. The molecule has 0 saturated heterocycles. The van der Waals surface area contributed by atoms with E-state index in [-0.39, 0.29) is 19.1 Å². The molecule has 0 heterocycles. The summed E-state index contributed by atoms with van der Waals surface area (Å²) in [6.45, 7) is -1.15. The lowest BCUT2D eigenvalue weighted by Gasteiger charge is -2.23. The Morgan fingerprint density at radius 3 is 2.67 bits per heavy atom. The molecule has 2 rings (SSSR count). The fourth-order valence-corrected chi connectivity index (χ4v) is 2.00. The van der Waals surface area contributed by atoms with E-state index in [0.29, 0.717) is 24.3 Å². The molecular formula is C14H17F3N2O2. The molecule has 0 aliphatic heterocycles. The summed E-state index contributed by atoms with van der Waals surface area (Å²) in [7, 11) is 0. The Bertz CT molecular complexity index is 501. The first-order valence-electron chi connectivity index (χ1n) is 6.70. The summed E-state index contributed by atoms with van der Waals surface area (Å²) in [4.78, 5) is 12.8. The summed E-state index contributed by atoms with van der Waals surface area (Å²) >= 11 is 0. The van der Waals surface area contributed by atoms with Crippen LogP contribution in [0.4, 0.5) is 18.9 Å². The standard InChI is InChI=1S/C14H17F3N2O2/c15-14(16,17)9-19(11-4-5-11)13(20)6-7-21-12-3-1-2-10(18)8-12/h1-3,8,11H,4-7,9,18H2. The number of rotatable bonds is 6. The third-order valence-corrected chi connectivity index (χ3v) is 3.10. The first-order valence-corrected chi connectivity index (χ1v) is 6.70. The molecule has 1 aliphatic carbocycles. The molecule has 0 bridgehead atoms. The minimum Gasteiger partial charge on any atom is -0.493 e. The Hall–Kier alpha value is -1.92. The van der Waals surface area contributed by atoms with Gasteiger partial charge in [-0.2, -0.15) is 13.2 Å². The van der Waals surface area contributed by atoms with Crippen LogP contribution in [0, 0.1) is 0 Å². The van der Waals surface area contributed by atoms with Crippen molar-refractivity contribution >= 4 is 11.6 Å². The van der Waals surface area contributed by atoms with E-state index in [4.69, 9.17) is 10.5 Å². The monoisotopic (exact) mass is 302 g/mol. The second-order valence-electron chi connectivity index (χ2n) is 5.04. The van der Waals surface area contributed by atoms with Gasteiger partial charge in [0.25, 0.3) is 0 Å². The van der Waals surface area contributed by atoms with Crippen LogP contribution < -0.4 is 10.5 Å². The summed E-state index contributed by atoms with van der Waals surface area (Å²) in [6, 6.07) is 6.39. The van der Waals surface area contributed by atoms with E-state index in [9.17, 15) is 18.0 Å². The number of amides is 1. The van der Waals surface area contributed by atoms with Crippen molar-refractivity contribution in [3.8, 4) is 5.75 Å². The average Bonchev–Trinajstić information content (AvgIpc) is 3.19. The van der Waals surface area contributed by atoms with Gasteiger partial charge in [0.2, 0.25) is 5.91 Å². The van der Waals surface area contributed by atoms with Crippen molar-refractivity contribution in [1.29, 1.82) is 0 Å². The van der Waals surface area contributed by atoms with Crippen LogP contribution in [0.5, 0.6) is 5.75 Å². The van der Waals surface area contributed by atoms with Crippen molar-refractivity contribution in [1.82, 2.24) is 4.90 Å². The molecule has 1 aromatic carbocycles. The lowest BCUT2D eigenvalue weighted by atomic mass is 10.3. The molecular weight excluding hydrogens is 285 g/mol. The van der Waals surface area contributed by atoms with Gasteiger partial charge in [0.1, 0.15) is 12.3 Å². The molecule has 1 fully saturated rings. The highest BCUT2D eigenvalue weighted by Gasteiger charge is 2.40. The number of carbonyl (C=O) groups is 1. The number of carbonyl (C=O) groups excluding carboxylic acids is 1. The van der Waals surface area contributed by atoms with Crippen LogP contribution in [0.15, 0.2) is 24.3 Å². The van der Waals surface area contributed by atoms with E-state index in [1.54, 1.807) is 24.3 Å². The van der Waals surface area contributed by atoms with Gasteiger partial charge in [-0.3, -0.25) is 4.79 Å². The minimum absolute atomic E-state index is 0.0311. The highest BCUT2D eigenvalue weighted by atomic mass is 19.4. The number of ether oxygens (including phenoxy) is 1. The molecule has 0 atom stereocenters. The number of hydrogen-bond acceptors (Lipinski definition) is 3. The van der Waals surface area contributed by atoms with Crippen molar-refractivity contribution in [2.75, 3.05) is 18.9 Å². The molecule has 0 radical (unpaired) electrons. The molecule has 0 spiro atoms. The van der Waals surface area contributed by atoms with Crippen LogP contribution in [0.2, 0.25) is 0 Å². The topological polar surface area (TPSA) is 55.6 Å². The second-order valence-corrected chi connectivity index (χ2v) is 5.04. The van der Waals surface area contributed by atoms with Crippen LogP contribution >= 0.6 is 0 Å². The number of nitrogens with zero attached hydrogens (tertiary/aromatic N) is 1. The number of hydrogen-bond donors (Lipinski definition) is 1. The maximum absolute atomic E-state index is 12.4. The third-order valence-electron chi connectivity index (χ3n) is 3.10. The van der Waals surface area contributed by atoms with Crippen LogP contribution in [0.3, 0.4) is 0 Å². The fourth-order valence-electron chi connectivity index (χ4n) is 2.00. The Kier molecular flexibility index (Phi) is 4.59. The first kappa shape index (κ1) is 15.5. The van der Waals surface area contributed by atoms with Crippen LogP contribution in [-0.4, -0.2) is 36.2 Å². The number of nitrogen functional groups attached to an aromatic ring is 1. The molecule has 1 amide bonds. The van der Waals surface area contributed by atoms with E-state index in [1.807, 2.05) is 0 Å². The van der Waals surface area contributed by atoms with Crippen LogP contribution in [0.25, 0.3) is 0 Å². The number of halogens is 3. The van der Waals surface area contributed by atoms with Crippen molar-refractivity contribution in [2.45, 2.75) is 31.5 Å². The van der Waals surface area contributed by atoms with Gasteiger partial charge < -0.3 is 15.4 Å². The average molecular weight is 302 g/mol. The SMILES string of the molecule is Nc1cccc(OCCC(=O)N(CC(F)(F)F)C2CC2)c1. The highest BCUT2D eigenvalue weighted by Crippen LogP contribution is 2.30. The molecule has 7 heteroatoms. The molecule has 4 nitrogen and oxygen atoms in total. The van der Waals surface area contributed by atoms with Gasteiger partial charge in [0.05, 0.1) is 13.0 Å². The normalized spacial score (nSPS) is 14.8. The maximum atomic E-state index is 12.4. The molecule has 1 saturated carbocycles. The molecule has 1 aliphatic rings. The van der Waals surface area contributed by atoms with Gasteiger partial charge in [-0.25, -0.2) is 0 Å². The molecule has 2 N–H and O–H groups in total. The summed E-state index contributed by atoms with van der Waals surface area (Å²) in [6.07, 6.45) is -3.18. The van der Waals surface area contributed by atoms with Gasteiger partial charge in [-0.1, -0.05) is 6.07 Å². The smallest absolute Gasteiger partial charge is 0.406 e. The van der Waals surface area contributed by atoms with E-state index in [1.165, 1.54) is 0 Å². The summed E-state index contributed by atoms with van der Waals surface area (Å²) < 4.78 is 42.7. The van der Waals surface area contributed by atoms with Crippen LogP contribution in [0.1, 0.15) is 19.3 Å². The summed E-state index contributed by atoms with van der Waals surface area (Å²) in [5, 5.41) is 0. The second kappa shape index (κ2) is 6.24. The largest absolute Gasteiger partial charge is 0.493 e. The molecule has 21 heavy (non-hydrogen) atoms. The third kappa shape index (κ3) is 5.17. The van der Waals surface area contributed by atoms with Gasteiger partial charge in [-0.05, 0) is 25.0 Å². The zero-order valence-electron chi connectivity index (χ0n) is 11.4. The summed E-state index contributed by atoms with van der Waals surface area (Å²) in [5.41, 5.74) is 6.10.